The number of halogens is 2. The lowest BCUT2D eigenvalue weighted by Gasteiger charge is -2.17. The van der Waals surface area contributed by atoms with Gasteiger partial charge in [-0.2, -0.15) is 0 Å². The number of carbonyl (C=O) groups is 1. The molecule has 0 N–H and O–H groups in total. The van der Waals surface area contributed by atoms with Gasteiger partial charge in [-0.25, -0.2) is 4.98 Å². The highest BCUT2D eigenvalue weighted by atomic mass is 35.5. The Morgan fingerprint density at radius 3 is 2.52 bits per heavy atom. The van der Waals surface area contributed by atoms with Gasteiger partial charge < -0.3 is 9.47 Å². The number of aromatic nitrogens is 2. The molecular weight excluding hydrogens is 405 g/mol. The smallest absolute Gasteiger partial charge is 0.226 e. The molecule has 29 heavy (non-hydrogen) atoms. The van der Waals surface area contributed by atoms with Gasteiger partial charge in [-0.15, -0.1) is 0 Å². The van der Waals surface area contributed by atoms with Crippen LogP contribution in [0.15, 0.2) is 61.1 Å². The maximum atomic E-state index is 12.9. The minimum Gasteiger partial charge on any atom is -0.338 e. The van der Waals surface area contributed by atoms with Crippen molar-refractivity contribution in [2.75, 3.05) is 6.54 Å². The number of rotatable bonds is 7. The van der Waals surface area contributed by atoms with E-state index in [1.807, 2.05) is 47.8 Å². The minimum absolute atomic E-state index is 0.0599. The van der Waals surface area contributed by atoms with Crippen LogP contribution in [0.5, 0.6) is 0 Å². The largest absolute Gasteiger partial charge is 0.338 e. The number of benzene rings is 2. The molecule has 0 spiro atoms. The molecule has 6 heteroatoms. The van der Waals surface area contributed by atoms with Gasteiger partial charge in [0.05, 0.1) is 6.33 Å². The summed E-state index contributed by atoms with van der Waals surface area (Å²) in [5.41, 5.74) is 3.38. The fraction of sp³-hybridized carbons (Fsp3) is 0.304. The Morgan fingerprint density at radius 2 is 1.76 bits per heavy atom. The van der Waals surface area contributed by atoms with Gasteiger partial charge in [-0.1, -0.05) is 53.5 Å². The van der Waals surface area contributed by atoms with Gasteiger partial charge in [0.15, 0.2) is 0 Å². The Bertz CT molecular complexity index is 967. The fourth-order valence-electron chi connectivity index (χ4n) is 3.95. The molecular formula is C23H23Cl2N3O. The van der Waals surface area contributed by atoms with E-state index in [0.29, 0.717) is 16.6 Å². The van der Waals surface area contributed by atoms with E-state index < -0.39 is 0 Å². The molecule has 4 nitrogen and oxygen atoms in total. The van der Waals surface area contributed by atoms with E-state index in [0.717, 1.165) is 37.9 Å². The first-order valence-corrected chi connectivity index (χ1v) is 10.6. The zero-order chi connectivity index (χ0) is 20.2. The highest BCUT2D eigenvalue weighted by Gasteiger charge is 2.31. The van der Waals surface area contributed by atoms with Gasteiger partial charge in [0.25, 0.3) is 0 Å². The molecule has 3 aromatic rings. The van der Waals surface area contributed by atoms with Crippen molar-refractivity contribution in [3.8, 4) is 0 Å². The van der Waals surface area contributed by atoms with Crippen LogP contribution in [0.4, 0.5) is 0 Å². The second-order valence-corrected chi connectivity index (χ2v) is 8.43. The molecule has 1 amide bonds. The Hall–Kier alpha value is -2.30. The second kappa shape index (κ2) is 9.02. The molecule has 1 aliphatic rings. The predicted octanol–water partition coefficient (Wildman–Crippen LogP) is 5.22. The van der Waals surface area contributed by atoms with Crippen molar-refractivity contribution >= 4 is 29.1 Å². The molecule has 1 aliphatic heterocycles. The SMILES string of the molecule is O=C1[C@@H](CCc2cncn2Cc2ccccc2)CCN1Cc1cc(Cl)cc(Cl)c1. The van der Waals surface area contributed by atoms with Crippen molar-refractivity contribution in [3.05, 3.63) is 87.9 Å². The average Bonchev–Trinajstić information content (AvgIpc) is 3.27. The molecule has 1 aromatic heterocycles. The first-order chi connectivity index (χ1) is 14.1. The number of hydrogen-bond acceptors (Lipinski definition) is 2. The topological polar surface area (TPSA) is 38.1 Å². The van der Waals surface area contributed by atoms with Gasteiger partial charge >= 0.3 is 0 Å². The van der Waals surface area contributed by atoms with Crippen LogP contribution < -0.4 is 0 Å². The molecule has 4 rings (SSSR count). The minimum atomic E-state index is 0.0599. The zero-order valence-corrected chi connectivity index (χ0v) is 17.6. The van der Waals surface area contributed by atoms with Crippen molar-refractivity contribution in [2.45, 2.75) is 32.4 Å². The lowest BCUT2D eigenvalue weighted by atomic mass is 10.0. The predicted molar refractivity (Wildman–Crippen MR) is 116 cm³/mol. The Labute approximate surface area is 181 Å². The van der Waals surface area contributed by atoms with E-state index >= 15 is 0 Å². The third-order valence-corrected chi connectivity index (χ3v) is 5.88. The van der Waals surface area contributed by atoms with Gasteiger partial charge in [0, 0.05) is 47.5 Å². The number of hydrogen-bond donors (Lipinski definition) is 0. The Morgan fingerprint density at radius 1 is 1.00 bits per heavy atom. The standard InChI is InChI=1S/C23H23Cl2N3O/c24-20-10-18(11-21(25)12-20)15-27-9-8-19(23(27)29)6-7-22-13-26-16-28(22)14-17-4-2-1-3-5-17/h1-5,10-13,16,19H,6-9,14-15H2/t19-/m0/s1. The number of amides is 1. The summed E-state index contributed by atoms with van der Waals surface area (Å²) < 4.78 is 2.17. The summed E-state index contributed by atoms with van der Waals surface area (Å²) in [6, 6.07) is 15.8. The fourth-order valence-corrected chi connectivity index (χ4v) is 4.52. The van der Waals surface area contributed by atoms with E-state index in [1.165, 1.54) is 11.3 Å². The van der Waals surface area contributed by atoms with Crippen molar-refractivity contribution in [1.82, 2.24) is 14.5 Å². The molecule has 0 radical (unpaired) electrons. The van der Waals surface area contributed by atoms with E-state index in [-0.39, 0.29) is 11.8 Å². The third-order valence-electron chi connectivity index (χ3n) is 5.45. The van der Waals surface area contributed by atoms with Crippen LogP contribution >= 0.6 is 23.2 Å². The zero-order valence-electron chi connectivity index (χ0n) is 16.1. The molecule has 0 bridgehead atoms. The van der Waals surface area contributed by atoms with Gasteiger partial charge in [-0.05, 0) is 48.6 Å². The van der Waals surface area contributed by atoms with Crippen LogP contribution in [0.3, 0.4) is 0 Å². The highest BCUT2D eigenvalue weighted by Crippen LogP contribution is 2.27. The van der Waals surface area contributed by atoms with Gasteiger partial charge in [-0.3, -0.25) is 4.79 Å². The first-order valence-electron chi connectivity index (χ1n) is 9.85. The number of imidazole rings is 1. The summed E-state index contributed by atoms with van der Waals surface area (Å²) in [5, 5.41) is 1.20. The monoisotopic (exact) mass is 427 g/mol. The van der Waals surface area contributed by atoms with Gasteiger partial charge in [0.2, 0.25) is 5.91 Å². The molecule has 150 valence electrons. The summed E-state index contributed by atoms with van der Waals surface area (Å²) in [5.74, 6) is 0.278. The van der Waals surface area contributed by atoms with Crippen LogP contribution in [0, 0.1) is 5.92 Å². The van der Waals surface area contributed by atoms with Crippen LogP contribution in [-0.2, 0) is 24.3 Å². The molecule has 2 aromatic carbocycles. The molecule has 0 saturated carbocycles. The first kappa shape index (κ1) is 20.0. The summed E-state index contributed by atoms with van der Waals surface area (Å²) >= 11 is 12.2. The molecule has 1 fully saturated rings. The van der Waals surface area contributed by atoms with Crippen molar-refractivity contribution < 1.29 is 4.79 Å². The van der Waals surface area contributed by atoms with E-state index in [2.05, 4.69) is 21.7 Å². The maximum absolute atomic E-state index is 12.9. The number of likely N-dealkylation sites (tertiary alicyclic amines) is 1. The molecule has 2 heterocycles. The van der Waals surface area contributed by atoms with E-state index in [9.17, 15) is 4.79 Å². The lowest BCUT2D eigenvalue weighted by Crippen LogP contribution is -2.27. The third kappa shape index (κ3) is 5.01. The summed E-state index contributed by atoms with van der Waals surface area (Å²) in [6.45, 7) is 2.13. The quantitative estimate of drug-likeness (QED) is 0.518. The summed E-state index contributed by atoms with van der Waals surface area (Å²) in [7, 11) is 0. The molecule has 1 saturated heterocycles. The normalized spacial score (nSPS) is 16.6. The van der Waals surface area contributed by atoms with Crippen molar-refractivity contribution in [3.63, 3.8) is 0 Å². The Kier molecular flexibility index (Phi) is 6.22. The van der Waals surface area contributed by atoms with E-state index in [1.54, 1.807) is 6.07 Å². The summed E-state index contributed by atoms with van der Waals surface area (Å²) in [6.07, 6.45) is 6.36. The lowest BCUT2D eigenvalue weighted by molar-refractivity contribution is -0.131. The van der Waals surface area contributed by atoms with Crippen molar-refractivity contribution in [2.24, 2.45) is 5.92 Å². The Balaban J connectivity index is 1.34. The molecule has 0 unspecified atom stereocenters. The van der Waals surface area contributed by atoms with E-state index in [4.69, 9.17) is 23.2 Å². The van der Waals surface area contributed by atoms with Crippen LogP contribution in [-0.4, -0.2) is 26.9 Å². The van der Waals surface area contributed by atoms with Crippen molar-refractivity contribution in [1.29, 1.82) is 0 Å². The number of aryl methyl sites for hydroxylation is 1. The summed E-state index contributed by atoms with van der Waals surface area (Å²) in [4.78, 5) is 19.1. The molecule has 1 atom stereocenters. The van der Waals surface area contributed by atoms with Gasteiger partial charge in [0.1, 0.15) is 0 Å². The number of nitrogens with zero attached hydrogens (tertiary/aromatic N) is 3. The van der Waals surface area contributed by atoms with Crippen LogP contribution in [0.1, 0.15) is 29.7 Å². The highest BCUT2D eigenvalue weighted by molar-refractivity contribution is 6.34. The van der Waals surface area contributed by atoms with Crippen LogP contribution in [0.2, 0.25) is 10.0 Å². The average molecular weight is 428 g/mol. The van der Waals surface area contributed by atoms with Crippen LogP contribution in [0.25, 0.3) is 0 Å². The maximum Gasteiger partial charge on any atom is 0.226 e. The second-order valence-electron chi connectivity index (χ2n) is 7.56. The number of carbonyl (C=O) groups excluding carboxylic acids is 1. The molecule has 0 aliphatic carbocycles.